The van der Waals surface area contributed by atoms with Gasteiger partial charge >= 0.3 is 18.0 Å². The first-order valence-electron chi connectivity index (χ1n) is 10.9. The Morgan fingerprint density at radius 3 is 1.91 bits per heavy atom. The molecule has 1 aromatic carbocycles. The maximum atomic E-state index is 12.8. The summed E-state index contributed by atoms with van der Waals surface area (Å²) in [6.45, 7) is 3.21. The molecule has 11 nitrogen and oxygen atoms in total. The van der Waals surface area contributed by atoms with Crippen LogP contribution in [0.4, 0.5) is 9.59 Å². The molecular weight excluding hydrogens is 444 g/mol. The molecule has 0 bridgehead atoms. The Hall–Kier alpha value is -3.89. The van der Waals surface area contributed by atoms with Gasteiger partial charge < -0.3 is 19.3 Å². The van der Waals surface area contributed by atoms with E-state index in [9.17, 15) is 24.0 Å². The SMILES string of the molecule is COc1ccc(C=CC(=O)OC2CN3C(=O)NC(=O)C4(C)C3C3N(C2)C(=O)NC(=O)C34C)cc1. The summed E-state index contributed by atoms with van der Waals surface area (Å²) in [4.78, 5) is 66.5. The second-order valence-corrected chi connectivity index (χ2v) is 9.28. The molecule has 4 aliphatic rings. The normalized spacial score (nSPS) is 34.0. The third-order valence-electron chi connectivity index (χ3n) is 7.75. The number of fused-ring (bicyclic) bond motifs is 1. The molecule has 6 amide bonds. The van der Waals surface area contributed by atoms with Crippen LogP contribution in [0.3, 0.4) is 0 Å². The smallest absolute Gasteiger partial charge is 0.331 e. The summed E-state index contributed by atoms with van der Waals surface area (Å²) in [5.74, 6) is -1.08. The van der Waals surface area contributed by atoms with Crippen molar-refractivity contribution in [3.8, 4) is 5.75 Å². The Balaban J connectivity index is 1.40. The van der Waals surface area contributed by atoms with Gasteiger partial charge in [-0.1, -0.05) is 12.1 Å². The van der Waals surface area contributed by atoms with Crippen LogP contribution in [0.25, 0.3) is 6.08 Å². The molecule has 34 heavy (non-hydrogen) atoms. The Morgan fingerprint density at radius 2 is 1.44 bits per heavy atom. The molecule has 3 saturated heterocycles. The van der Waals surface area contributed by atoms with Crippen molar-refractivity contribution in [2.45, 2.75) is 32.0 Å². The number of carbonyl (C=O) groups is 5. The minimum absolute atomic E-state index is 0.0218. The van der Waals surface area contributed by atoms with Crippen molar-refractivity contribution in [2.75, 3.05) is 20.2 Å². The van der Waals surface area contributed by atoms with E-state index in [0.717, 1.165) is 5.56 Å². The Kier molecular flexibility index (Phi) is 4.71. The molecule has 3 aliphatic heterocycles. The van der Waals surface area contributed by atoms with Gasteiger partial charge in [-0.05, 0) is 37.6 Å². The molecule has 11 heteroatoms. The average molecular weight is 468 g/mol. The highest BCUT2D eigenvalue weighted by Crippen LogP contribution is 2.63. The van der Waals surface area contributed by atoms with Crippen LogP contribution in [-0.4, -0.2) is 78.0 Å². The first-order chi connectivity index (χ1) is 16.1. The first kappa shape index (κ1) is 21.9. The second-order valence-electron chi connectivity index (χ2n) is 9.28. The lowest BCUT2D eigenvalue weighted by atomic mass is 9.42. The lowest BCUT2D eigenvalue weighted by Gasteiger charge is -2.70. The van der Waals surface area contributed by atoms with Crippen LogP contribution in [-0.2, 0) is 19.1 Å². The fourth-order valence-electron chi connectivity index (χ4n) is 5.75. The molecule has 1 aliphatic carbocycles. The van der Waals surface area contributed by atoms with E-state index in [1.165, 1.54) is 15.9 Å². The number of hydrogen-bond acceptors (Lipinski definition) is 7. The number of esters is 1. The zero-order valence-electron chi connectivity index (χ0n) is 18.9. The summed E-state index contributed by atoms with van der Waals surface area (Å²) in [6, 6.07) is 4.39. The van der Waals surface area contributed by atoms with Gasteiger partial charge in [0.15, 0.2) is 0 Å². The molecule has 2 N–H and O–H groups in total. The predicted octanol–water partition coefficient (Wildman–Crippen LogP) is 0.501. The second kappa shape index (κ2) is 7.31. The molecular formula is C23H24N4O7. The molecule has 1 saturated carbocycles. The Morgan fingerprint density at radius 1 is 0.941 bits per heavy atom. The fraction of sp³-hybridized carbons (Fsp3) is 0.435. The van der Waals surface area contributed by atoms with Crippen LogP contribution >= 0.6 is 0 Å². The number of nitrogens with zero attached hydrogens (tertiary/aromatic N) is 2. The van der Waals surface area contributed by atoms with Crippen molar-refractivity contribution in [2.24, 2.45) is 10.8 Å². The monoisotopic (exact) mass is 468 g/mol. The van der Waals surface area contributed by atoms with E-state index in [4.69, 9.17) is 9.47 Å². The maximum Gasteiger partial charge on any atom is 0.331 e. The highest BCUT2D eigenvalue weighted by atomic mass is 16.5. The highest BCUT2D eigenvalue weighted by molar-refractivity contribution is 6.11. The summed E-state index contributed by atoms with van der Waals surface area (Å²) in [5, 5.41) is 4.65. The molecule has 3 heterocycles. The highest BCUT2D eigenvalue weighted by Gasteiger charge is 2.81. The molecule has 0 aromatic heterocycles. The van der Waals surface area contributed by atoms with Gasteiger partial charge in [0.1, 0.15) is 11.9 Å². The van der Waals surface area contributed by atoms with Gasteiger partial charge in [-0.15, -0.1) is 0 Å². The van der Waals surface area contributed by atoms with Crippen molar-refractivity contribution < 1.29 is 33.4 Å². The molecule has 5 rings (SSSR count). The predicted molar refractivity (Wildman–Crippen MR) is 116 cm³/mol. The number of methoxy groups -OCH3 is 1. The number of urea groups is 2. The van der Waals surface area contributed by atoms with Crippen LogP contribution in [0.15, 0.2) is 30.3 Å². The molecule has 178 valence electrons. The van der Waals surface area contributed by atoms with E-state index >= 15 is 0 Å². The Bertz CT molecular complexity index is 1090. The van der Waals surface area contributed by atoms with Gasteiger partial charge in [-0.3, -0.25) is 20.2 Å². The van der Waals surface area contributed by atoms with Crippen molar-refractivity contribution in [3.63, 3.8) is 0 Å². The van der Waals surface area contributed by atoms with Gasteiger partial charge in [0, 0.05) is 6.08 Å². The maximum absolute atomic E-state index is 12.8. The van der Waals surface area contributed by atoms with E-state index in [1.54, 1.807) is 51.3 Å². The molecule has 0 spiro atoms. The van der Waals surface area contributed by atoms with E-state index in [2.05, 4.69) is 10.6 Å². The lowest BCUT2D eigenvalue weighted by Crippen LogP contribution is -2.90. The van der Waals surface area contributed by atoms with Crippen molar-refractivity contribution in [1.29, 1.82) is 0 Å². The van der Waals surface area contributed by atoms with Crippen molar-refractivity contribution >= 4 is 35.9 Å². The van der Waals surface area contributed by atoms with E-state index < -0.39 is 58.9 Å². The molecule has 4 atom stereocenters. The fourth-order valence-corrected chi connectivity index (χ4v) is 5.75. The van der Waals surface area contributed by atoms with Crippen molar-refractivity contribution in [3.05, 3.63) is 35.9 Å². The quantitative estimate of drug-likeness (QED) is 0.485. The molecule has 4 unspecified atom stereocenters. The van der Waals surface area contributed by atoms with Gasteiger partial charge in [0.2, 0.25) is 11.8 Å². The van der Waals surface area contributed by atoms with Crippen LogP contribution in [0.2, 0.25) is 0 Å². The molecule has 1 aromatic rings. The number of benzene rings is 1. The van der Waals surface area contributed by atoms with Crippen LogP contribution in [0, 0.1) is 10.8 Å². The summed E-state index contributed by atoms with van der Waals surface area (Å²) < 4.78 is 10.7. The minimum atomic E-state index is -1.23. The average Bonchev–Trinajstić information content (AvgIpc) is 2.98. The number of hydrogen-bond donors (Lipinski definition) is 2. The number of rotatable bonds is 4. The van der Waals surface area contributed by atoms with Crippen LogP contribution in [0.1, 0.15) is 19.4 Å². The summed E-state index contributed by atoms with van der Waals surface area (Å²) >= 11 is 0. The van der Waals surface area contributed by atoms with Gasteiger partial charge in [-0.25, -0.2) is 14.4 Å². The summed E-state index contributed by atoms with van der Waals surface area (Å²) in [5.41, 5.74) is -1.71. The van der Waals surface area contributed by atoms with Gasteiger partial charge in [0.05, 0.1) is 43.1 Å². The van der Waals surface area contributed by atoms with E-state index in [1.807, 2.05) is 0 Å². The number of nitrogens with one attached hydrogen (secondary N) is 2. The molecule has 4 fully saturated rings. The minimum Gasteiger partial charge on any atom is -0.497 e. The third kappa shape index (κ3) is 2.79. The van der Waals surface area contributed by atoms with Gasteiger partial charge in [-0.2, -0.15) is 0 Å². The number of carbonyl (C=O) groups excluding carboxylic acids is 5. The summed E-state index contributed by atoms with van der Waals surface area (Å²) in [7, 11) is 1.56. The third-order valence-corrected chi connectivity index (χ3v) is 7.75. The van der Waals surface area contributed by atoms with Crippen LogP contribution < -0.4 is 15.4 Å². The molecule has 0 radical (unpaired) electrons. The largest absolute Gasteiger partial charge is 0.497 e. The van der Waals surface area contributed by atoms with E-state index in [0.29, 0.717) is 5.75 Å². The standard InChI is InChI=1S/C23H24N4O7/c1-22-16-17-23(22,2)19(30)25-21(32)27(17)11-14(10-26(16)20(31)24-18(22)29)34-15(28)9-6-12-4-7-13(33-3)8-5-12/h4-9,14,16-17H,10-11H2,1-3H3,(H,24,29,31)(H,25,30,32). The topological polar surface area (TPSA) is 134 Å². The van der Waals surface area contributed by atoms with Gasteiger partial charge in [0.25, 0.3) is 0 Å². The lowest BCUT2D eigenvalue weighted by molar-refractivity contribution is -0.209. The summed E-state index contributed by atoms with van der Waals surface area (Å²) in [6.07, 6.45) is 1.98. The first-order valence-corrected chi connectivity index (χ1v) is 10.9. The van der Waals surface area contributed by atoms with Crippen LogP contribution in [0.5, 0.6) is 5.75 Å². The number of imide groups is 2. The zero-order valence-corrected chi connectivity index (χ0v) is 18.9. The number of ether oxygens (including phenoxy) is 2. The number of amides is 6. The zero-order chi connectivity index (χ0) is 24.4. The van der Waals surface area contributed by atoms with Crippen molar-refractivity contribution in [1.82, 2.24) is 20.4 Å². The Labute approximate surface area is 195 Å². The van der Waals surface area contributed by atoms with E-state index in [-0.39, 0.29) is 13.1 Å².